The second kappa shape index (κ2) is 5.96. The first kappa shape index (κ1) is 14.8. The predicted octanol–water partition coefficient (Wildman–Crippen LogP) is 3.82. The highest BCUT2D eigenvalue weighted by Gasteiger charge is 2.10. The van der Waals surface area contributed by atoms with Crippen LogP contribution in [0.3, 0.4) is 0 Å². The zero-order valence-electron chi connectivity index (χ0n) is 12.9. The van der Waals surface area contributed by atoms with Crippen LogP contribution in [0.5, 0.6) is 5.75 Å². The summed E-state index contributed by atoms with van der Waals surface area (Å²) in [6.07, 6.45) is 0. The number of hydrogen-bond donors (Lipinski definition) is 3. The minimum atomic E-state index is -0.209. The van der Waals surface area contributed by atoms with Gasteiger partial charge in [0, 0.05) is 22.3 Å². The molecule has 5 heteroatoms. The number of aromatic amines is 1. The van der Waals surface area contributed by atoms with Crippen molar-refractivity contribution < 1.29 is 9.53 Å². The Labute approximate surface area is 133 Å². The molecule has 0 unspecified atom stereocenters. The number of rotatable bonds is 4. The predicted molar refractivity (Wildman–Crippen MR) is 91.7 cm³/mol. The van der Waals surface area contributed by atoms with Crippen LogP contribution in [0.25, 0.3) is 10.9 Å². The van der Waals surface area contributed by atoms with Crippen LogP contribution >= 0.6 is 0 Å². The number of fused-ring (bicyclic) bond motifs is 1. The lowest BCUT2D eigenvalue weighted by Gasteiger charge is -2.05. The van der Waals surface area contributed by atoms with Gasteiger partial charge in [0.15, 0.2) is 0 Å². The molecule has 0 saturated carbocycles. The number of methoxy groups -OCH3 is 1. The number of amides is 1. The van der Waals surface area contributed by atoms with Crippen molar-refractivity contribution in [2.45, 2.75) is 6.92 Å². The van der Waals surface area contributed by atoms with Gasteiger partial charge in [-0.25, -0.2) is 0 Å². The Balaban J connectivity index is 1.81. The molecule has 0 saturated heterocycles. The Hall–Kier alpha value is -3.08. The third kappa shape index (κ3) is 3.08. The SMILES string of the molecule is COc1ccc2[nH]c(C(=O)Nc3ccc(C(C)=N)cc3)cc2c1. The van der Waals surface area contributed by atoms with Crippen molar-refractivity contribution in [1.82, 2.24) is 4.98 Å². The number of aromatic nitrogens is 1. The molecule has 3 N–H and O–H groups in total. The lowest BCUT2D eigenvalue weighted by atomic mass is 10.1. The van der Waals surface area contributed by atoms with Crippen molar-refractivity contribution in [2.75, 3.05) is 12.4 Å². The molecule has 2 aromatic carbocycles. The second-order valence-corrected chi connectivity index (χ2v) is 5.29. The van der Waals surface area contributed by atoms with Crippen molar-refractivity contribution in [3.05, 3.63) is 59.8 Å². The van der Waals surface area contributed by atoms with Gasteiger partial charge < -0.3 is 20.4 Å². The average Bonchev–Trinajstić information content (AvgIpc) is 2.98. The van der Waals surface area contributed by atoms with E-state index >= 15 is 0 Å². The van der Waals surface area contributed by atoms with E-state index in [1.54, 1.807) is 32.2 Å². The van der Waals surface area contributed by atoms with Crippen LogP contribution < -0.4 is 10.1 Å². The Morgan fingerprint density at radius 1 is 1.13 bits per heavy atom. The fraction of sp³-hybridized carbons (Fsp3) is 0.111. The van der Waals surface area contributed by atoms with Crippen molar-refractivity contribution >= 4 is 28.2 Å². The van der Waals surface area contributed by atoms with Gasteiger partial charge in [-0.1, -0.05) is 12.1 Å². The zero-order chi connectivity index (χ0) is 16.4. The molecule has 1 aromatic heterocycles. The molecule has 0 atom stereocenters. The smallest absolute Gasteiger partial charge is 0.272 e. The fourth-order valence-corrected chi connectivity index (χ4v) is 2.36. The third-order valence-electron chi connectivity index (χ3n) is 3.65. The van der Waals surface area contributed by atoms with Crippen molar-refractivity contribution in [3.63, 3.8) is 0 Å². The molecule has 0 aliphatic rings. The molecule has 1 amide bonds. The first-order chi connectivity index (χ1) is 11.1. The van der Waals surface area contributed by atoms with Crippen LogP contribution in [-0.2, 0) is 0 Å². The third-order valence-corrected chi connectivity index (χ3v) is 3.65. The largest absolute Gasteiger partial charge is 0.497 e. The number of H-pyrrole nitrogens is 1. The van der Waals surface area contributed by atoms with E-state index in [0.29, 0.717) is 17.1 Å². The minimum absolute atomic E-state index is 0.209. The summed E-state index contributed by atoms with van der Waals surface area (Å²) in [7, 11) is 1.61. The number of carbonyl (C=O) groups is 1. The number of anilines is 1. The lowest BCUT2D eigenvalue weighted by molar-refractivity contribution is 0.102. The zero-order valence-corrected chi connectivity index (χ0v) is 12.9. The summed E-state index contributed by atoms with van der Waals surface area (Å²) in [6, 6.07) is 14.6. The Morgan fingerprint density at radius 3 is 2.52 bits per heavy atom. The average molecular weight is 307 g/mol. The van der Waals surface area contributed by atoms with E-state index in [1.165, 1.54) is 0 Å². The summed E-state index contributed by atoms with van der Waals surface area (Å²) in [5, 5.41) is 11.3. The molecular weight excluding hydrogens is 290 g/mol. The van der Waals surface area contributed by atoms with E-state index in [9.17, 15) is 4.79 Å². The molecule has 3 rings (SSSR count). The summed E-state index contributed by atoms with van der Waals surface area (Å²) in [4.78, 5) is 15.4. The van der Waals surface area contributed by atoms with E-state index in [2.05, 4.69) is 10.3 Å². The number of nitrogens with one attached hydrogen (secondary N) is 3. The van der Waals surface area contributed by atoms with Gasteiger partial charge in [0.1, 0.15) is 11.4 Å². The quantitative estimate of drug-likeness (QED) is 0.641. The molecule has 0 aliphatic carbocycles. The molecule has 3 aromatic rings. The van der Waals surface area contributed by atoms with Gasteiger partial charge in [-0.15, -0.1) is 0 Å². The summed E-state index contributed by atoms with van der Waals surface area (Å²) in [6.45, 7) is 1.73. The summed E-state index contributed by atoms with van der Waals surface area (Å²) >= 11 is 0. The Morgan fingerprint density at radius 2 is 1.87 bits per heavy atom. The Bertz CT molecular complexity index is 879. The van der Waals surface area contributed by atoms with Crippen LogP contribution in [0.2, 0.25) is 0 Å². The van der Waals surface area contributed by atoms with E-state index in [4.69, 9.17) is 10.1 Å². The molecule has 0 spiro atoms. The van der Waals surface area contributed by atoms with E-state index in [0.717, 1.165) is 22.2 Å². The van der Waals surface area contributed by atoms with Gasteiger partial charge in [-0.05, 0) is 48.9 Å². The lowest BCUT2D eigenvalue weighted by Crippen LogP contribution is -2.12. The molecule has 1 heterocycles. The highest BCUT2D eigenvalue weighted by atomic mass is 16.5. The molecule has 0 fully saturated rings. The summed E-state index contributed by atoms with van der Waals surface area (Å²) in [5.41, 5.74) is 3.38. The van der Waals surface area contributed by atoms with Gasteiger partial charge in [0.05, 0.1) is 7.11 Å². The highest BCUT2D eigenvalue weighted by Crippen LogP contribution is 2.22. The topological polar surface area (TPSA) is 78.0 Å². The Kier molecular flexibility index (Phi) is 3.85. The first-order valence-corrected chi connectivity index (χ1v) is 7.20. The van der Waals surface area contributed by atoms with Crippen LogP contribution in [-0.4, -0.2) is 23.7 Å². The normalized spacial score (nSPS) is 10.5. The maximum atomic E-state index is 12.3. The number of carbonyl (C=O) groups excluding carboxylic acids is 1. The first-order valence-electron chi connectivity index (χ1n) is 7.20. The monoisotopic (exact) mass is 307 g/mol. The van der Waals surface area contributed by atoms with Crippen LogP contribution in [0, 0.1) is 5.41 Å². The van der Waals surface area contributed by atoms with Gasteiger partial charge >= 0.3 is 0 Å². The van der Waals surface area contributed by atoms with Gasteiger partial charge in [-0.2, -0.15) is 0 Å². The number of ether oxygens (including phenoxy) is 1. The van der Waals surface area contributed by atoms with E-state index in [1.807, 2.05) is 30.3 Å². The standard InChI is InChI=1S/C18H17N3O2/c1-11(19)12-3-5-14(6-4-12)20-18(22)17-10-13-9-15(23-2)7-8-16(13)21-17/h3-10,19,21H,1-2H3,(H,20,22). The van der Waals surface area contributed by atoms with E-state index < -0.39 is 0 Å². The van der Waals surface area contributed by atoms with Crippen molar-refractivity contribution in [3.8, 4) is 5.75 Å². The molecule has 23 heavy (non-hydrogen) atoms. The second-order valence-electron chi connectivity index (χ2n) is 5.29. The van der Waals surface area contributed by atoms with Crippen LogP contribution in [0.1, 0.15) is 23.0 Å². The summed E-state index contributed by atoms with van der Waals surface area (Å²) in [5.74, 6) is 0.542. The molecule has 0 bridgehead atoms. The fourth-order valence-electron chi connectivity index (χ4n) is 2.36. The molecular formula is C18H17N3O2. The van der Waals surface area contributed by atoms with Gasteiger partial charge in [0.25, 0.3) is 5.91 Å². The summed E-state index contributed by atoms with van der Waals surface area (Å²) < 4.78 is 5.19. The maximum Gasteiger partial charge on any atom is 0.272 e. The molecule has 0 aliphatic heterocycles. The van der Waals surface area contributed by atoms with Gasteiger partial charge in [0.2, 0.25) is 0 Å². The molecule has 116 valence electrons. The maximum absolute atomic E-state index is 12.3. The van der Waals surface area contributed by atoms with Crippen LogP contribution in [0.4, 0.5) is 5.69 Å². The highest BCUT2D eigenvalue weighted by molar-refractivity contribution is 6.06. The molecule has 0 radical (unpaired) electrons. The van der Waals surface area contributed by atoms with Crippen molar-refractivity contribution in [2.24, 2.45) is 0 Å². The minimum Gasteiger partial charge on any atom is -0.497 e. The molecule has 5 nitrogen and oxygen atoms in total. The number of benzene rings is 2. The van der Waals surface area contributed by atoms with Crippen molar-refractivity contribution in [1.29, 1.82) is 5.41 Å². The van der Waals surface area contributed by atoms with Crippen LogP contribution in [0.15, 0.2) is 48.5 Å². The van der Waals surface area contributed by atoms with E-state index in [-0.39, 0.29) is 5.91 Å². The van der Waals surface area contributed by atoms with Gasteiger partial charge in [-0.3, -0.25) is 4.79 Å². The number of hydrogen-bond acceptors (Lipinski definition) is 3.